The highest BCUT2D eigenvalue weighted by Crippen LogP contribution is 2.38. The zero-order chi connectivity index (χ0) is 17.8. The Hall–Kier alpha value is -2.19. The van der Waals surface area contributed by atoms with Gasteiger partial charge in [0.25, 0.3) is 0 Å². The average Bonchev–Trinajstić information content (AvgIpc) is 3.01. The van der Waals surface area contributed by atoms with Gasteiger partial charge in [-0.25, -0.2) is 9.97 Å². The molecule has 3 rings (SSSR count). The number of H-pyrrole nitrogens is 1. The molecule has 1 saturated carbocycles. The van der Waals surface area contributed by atoms with Gasteiger partial charge in [0.1, 0.15) is 5.82 Å². The number of pyridine rings is 1. The third-order valence-electron chi connectivity index (χ3n) is 4.36. The molecular weight excluding hydrogens is 346 g/mol. The summed E-state index contributed by atoms with van der Waals surface area (Å²) in [5.74, 6) is 1.18. The number of ether oxygens (including phenoxy) is 1. The van der Waals surface area contributed by atoms with Crippen molar-refractivity contribution in [1.82, 2.24) is 25.5 Å². The van der Waals surface area contributed by atoms with Gasteiger partial charge in [0.2, 0.25) is 17.1 Å². The maximum absolute atomic E-state index is 12.3. The Morgan fingerprint density at radius 3 is 2.88 bits per heavy atom. The lowest BCUT2D eigenvalue weighted by Crippen LogP contribution is -2.41. The van der Waals surface area contributed by atoms with E-state index in [0.29, 0.717) is 31.0 Å². The number of halogens is 1. The monoisotopic (exact) mass is 365 g/mol. The molecule has 0 aliphatic heterocycles. The maximum atomic E-state index is 12.3. The van der Waals surface area contributed by atoms with E-state index in [9.17, 15) is 9.90 Å². The lowest BCUT2D eigenvalue weighted by atomic mass is 9.75. The molecule has 3 N–H and O–H groups in total. The second-order valence-electron chi connectivity index (χ2n) is 6.12. The molecule has 0 spiro atoms. The third-order valence-corrected chi connectivity index (χ3v) is 4.53. The van der Waals surface area contributed by atoms with E-state index in [4.69, 9.17) is 16.3 Å². The first-order valence-corrected chi connectivity index (χ1v) is 8.47. The van der Waals surface area contributed by atoms with Crippen molar-refractivity contribution in [2.45, 2.75) is 37.8 Å². The second-order valence-corrected chi connectivity index (χ2v) is 6.45. The number of aromatic nitrogens is 4. The number of amides is 1. The smallest absolute Gasteiger partial charge is 0.242 e. The van der Waals surface area contributed by atoms with Crippen LogP contribution < -0.4 is 10.1 Å². The summed E-state index contributed by atoms with van der Waals surface area (Å²) in [6.07, 6.45) is 3.41. The van der Waals surface area contributed by atoms with E-state index in [-0.39, 0.29) is 35.7 Å². The van der Waals surface area contributed by atoms with Gasteiger partial charge < -0.3 is 15.2 Å². The molecular formula is C16H20ClN5O3. The van der Waals surface area contributed by atoms with Gasteiger partial charge in [-0.15, -0.1) is 5.10 Å². The van der Waals surface area contributed by atoms with E-state index >= 15 is 0 Å². The second kappa shape index (κ2) is 7.79. The first-order chi connectivity index (χ1) is 12.0. The van der Waals surface area contributed by atoms with Crippen molar-refractivity contribution in [3.05, 3.63) is 35.0 Å². The van der Waals surface area contributed by atoms with E-state index in [0.717, 1.165) is 5.56 Å². The van der Waals surface area contributed by atoms with Crippen LogP contribution in [-0.4, -0.2) is 44.4 Å². The summed E-state index contributed by atoms with van der Waals surface area (Å²) in [4.78, 5) is 20.5. The number of hydrogen-bond acceptors (Lipinski definition) is 6. The fourth-order valence-electron chi connectivity index (χ4n) is 2.93. The molecule has 0 saturated heterocycles. The standard InChI is InChI=1S/C16H20ClN5O3/c1-25-14-5-2-9(8-18-14)15(10-6-11(23)7-10)20-13(24)4-3-12-19-16(17)22-21-12/h2,5,8,10-11,15,23H,3-4,6-7H2,1H3,(H,20,24)(H,19,21,22). The number of carbonyl (C=O) groups is 1. The van der Waals surface area contributed by atoms with Crippen LogP contribution in [0.2, 0.25) is 5.28 Å². The van der Waals surface area contributed by atoms with Crippen molar-refractivity contribution < 1.29 is 14.6 Å². The van der Waals surface area contributed by atoms with Crippen molar-refractivity contribution in [3.8, 4) is 5.88 Å². The van der Waals surface area contributed by atoms with Crippen molar-refractivity contribution in [1.29, 1.82) is 0 Å². The number of rotatable bonds is 7. The van der Waals surface area contributed by atoms with Crippen LogP contribution in [0, 0.1) is 5.92 Å². The fraction of sp³-hybridized carbons (Fsp3) is 0.500. The molecule has 0 radical (unpaired) electrons. The van der Waals surface area contributed by atoms with Gasteiger partial charge in [0.15, 0.2) is 0 Å². The summed E-state index contributed by atoms with van der Waals surface area (Å²) in [5, 5.41) is 19.2. The number of aliphatic hydroxyl groups excluding tert-OH is 1. The van der Waals surface area contributed by atoms with E-state index in [2.05, 4.69) is 25.5 Å². The molecule has 2 aromatic rings. The largest absolute Gasteiger partial charge is 0.481 e. The lowest BCUT2D eigenvalue weighted by Gasteiger charge is -2.38. The number of nitrogens with zero attached hydrogens (tertiary/aromatic N) is 3. The Bertz CT molecular complexity index is 715. The van der Waals surface area contributed by atoms with Crippen LogP contribution in [0.25, 0.3) is 0 Å². The Balaban J connectivity index is 1.63. The average molecular weight is 366 g/mol. The highest BCUT2D eigenvalue weighted by Gasteiger charge is 2.35. The normalized spacial score (nSPS) is 20.6. The molecule has 1 atom stereocenters. The van der Waals surface area contributed by atoms with Gasteiger partial charge in [0, 0.05) is 25.1 Å². The number of methoxy groups -OCH3 is 1. The quantitative estimate of drug-likeness (QED) is 0.684. The summed E-state index contributed by atoms with van der Waals surface area (Å²) >= 11 is 5.65. The number of carbonyl (C=O) groups excluding carboxylic acids is 1. The number of aryl methyl sites for hydroxylation is 1. The molecule has 0 aromatic carbocycles. The third kappa shape index (κ3) is 4.46. The van der Waals surface area contributed by atoms with Crippen molar-refractivity contribution in [2.75, 3.05) is 7.11 Å². The first kappa shape index (κ1) is 17.6. The summed E-state index contributed by atoms with van der Waals surface area (Å²) in [6.45, 7) is 0. The molecule has 1 unspecified atom stereocenters. The Labute approximate surface area is 150 Å². The Morgan fingerprint density at radius 2 is 2.32 bits per heavy atom. The number of nitrogens with one attached hydrogen (secondary N) is 2. The van der Waals surface area contributed by atoms with Crippen molar-refractivity contribution in [3.63, 3.8) is 0 Å². The van der Waals surface area contributed by atoms with Crippen LogP contribution >= 0.6 is 11.6 Å². The number of aliphatic hydroxyl groups is 1. The molecule has 1 fully saturated rings. The number of aromatic amines is 1. The minimum atomic E-state index is -0.299. The first-order valence-electron chi connectivity index (χ1n) is 8.09. The molecule has 1 amide bonds. The highest BCUT2D eigenvalue weighted by atomic mass is 35.5. The SMILES string of the molecule is COc1ccc(C(NC(=O)CCc2nc(Cl)n[nH]2)C2CC(O)C2)cn1. The topological polar surface area (TPSA) is 113 Å². The van der Waals surface area contributed by atoms with Gasteiger partial charge in [-0.3, -0.25) is 9.89 Å². The van der Waals surface area contributed by atoms with Gasteiger partial charge in [0.05, 0.1) is 19.3 Å². The molecule has 0 bridgehead atoms. The lowest BCUT2D eigenvalue weighted by molar-refractivity contribution is -0.123. The summed E-state index contributed by atoms with van der Waals surface area (Å²) in [5.41, 5.74) is 0.897. The fourth-order valence-corrected chi connectivity index (χ4v) is 3.08. The van der Waals surface area contributed by atoms with Crippen LogP contribution in [0.5, 0.6) is 5.88 Å². The van der Waals surface area contributed by atoms with Crippen LogP contribution in [-0.2, 0) is 11.2 Å². The summed E-state index contributed by atoms with van der Waals surface area (Å²) in [6, 6.07) is 3.46. The van der Waals surface area contributed by atoms with Gasteiger partial charge in [-0.05, 0) is 35.9 Å². The number of hydrogen-bond donors (Lipinski definition) is 3. The molecule has 1 aliphatic rings. The molecule has 25 heavy (non-hydrogen) atoms. The Morgan fingerprint density at radius 1 is 1.52 bits per heavy atom. The molecule has 2 aromatic heterocycles. The van der Waals surface area contributed by atoms with Gasteiger partial charge >= 0.3 is 0 Å². The van der Waals surface area contributed by atoms with E-state index in [1.807, 2.05) is 6.07 Å². The van der Waals surface area contributed by atoms with E-state index in [1.54, 1.807) is 19.4 Å². The zero-order valence-corrected chi connectivity index (χ0v) is 14.5. The van der Waals surface area contributed by atoms with Gasteiger partial charge in [-0.1, -0.05) is 6.07 Å². The molecule has 8 nitrogen and oxygen atoms in total. The zero-order valence-electron chi connectivity index (χ0n) is 13.8. The van der Waals surface area contributed by atoms with Crippen molar-refractivity contribution in [2.24, 2.45) is 5.92 Å². The molecule has 2 heterocycles. The Kier molecular flexibility index (Phi) is 5.50. The van der Waals surface area contributed by atoms with E-state index in [1.165, 1.54) is 0 Å². The van der Waals surface area contributed by atoms with Crippen LogP contribution in [0.4, 0.5) is 0 Å². The molecule has 134 valence electrons. The minimum Gasteiger partial charge on any atom is -0.481 e. The van der Waals surface area contributed by atoms with Crippen LogP contribution in [0.15, 0.2) is 18.3 Å². The molecule has 1 aliphatic carbocycles. The predicted octanol–water partition coefficient (Wildman–Crippen LogP) is 1.42. The predicted molar refractivity (Wildman–Crippen MR) is 90.1 cm³/mol. The van der Waals surface area contributed by atoms with E-state index < -0.39 is 0 Å². The maximum Gasteiger partial charge on any atom is 0.242 e. The summed E-state index contributed by atoms with van der Waals surface area (Å²) in [7, 11) is 1.55. The highest BCUT2D eigenvalue weighted by molar-refractivity contribution is 6.28. The van der Waals surface area contributed by atoms with Gasteiger partial charge in [-0.2, -0.15) is 0 Å². The molecule has 9 heteroatoms. The minimum absolute atomic E-state index is 0.102. The van der Waals surface area contributed by atoms with Crippen molar-refractivity contribution >= 4 is 17.5 Å². The summed E-state index contributed by atoms with van der Waals surface area (Å²) < 4.78 is 5.07. The van der Waals surface area contributed by atoms with Crippen LogP contribution in [0.3, 0.4) is 0 Å². The van der Waals surface area contributed by atoms with Crippen LogP contribution in [0.1, 0.15) is 36.7 Å².